The third-order valence-electron chi connectivity index (χ3n) is 5.29. The predicted molar refractivity (Wildman–Crippen MR) is 86.7 cm³/mol. The topological polar surface area (TPSA) is 49.7 Å². The molecule has 20 heavy (non-hydrogen) atoms. The summed E-state index contributed by atoms with van der Waals surface area (Å²) in [6, 6.07) is 0. The highest BCUT2D eigenvalue weighted by Crippen LogP contribution is 2.47. The first-order valence-corrected chi connectivity index (χ1v) is 7.35. The predicted octanol–water partition coefficient (Wildman–Crippen LogP) is 4.99. The molecule has 2 aliphatic rings. The lowest BCUT2D eigenvalue weighted by Crippen LogP contribution is -2.27. The molecule has 0 aromatic heterocycles. The molecule has 0 heterocycles. The number of aliphatic hydroxyl groups excluding tert-OH is 1. The molecule has 2 fully saturated rings. The van der Waals surface area contributed by atoms with Crippen LogP contribution in [0.25, 0.3) is 0 Å². The van der Waals surface area contributed by atoms with Gasteiger partial charge in [-0.1, -0.05) is 42.0 Å². The number of hydrogen-bond acceptors (Lipinski definition) is 3. The molecule has 3 heteroatoms. The lowest BCUT2D eigenvalue weighted by Gasteiger charge is -2.27. The van der Waals surface area contributed by atoms with Crippen molar-refractivity contribution in [2.45, 2.75) is 80.8 Å². The molecule has 0 spiro atoms. The van der Waals surface area contributed by atoms with Crippen LogP contribution in [0, 0.1) is 23.2 Å². The minimum atomic E-state index is -0.0810. The number of aliphatic hydroxyl groups is 1. The largest absolute Gasteiger partial charge is 0.396 e. The number of fused-ring (bicyclic) bond motifs is 2. The quantitative estimate of drug-likeness (QED) is 0.566. The standard InChI is InChI=1S/C8H14O.C7H16O2.2CH4/c9-5-8-4-6-1-2-7(8)3-6;1-5-7(3,4)6(2)9-8;;/h6-9H,1-5H2;6,8H,5H2,1-4H3;2*1H4. The molecule has 4 atom stereocenters. The van der Waals surface area contributed by atoms with Crippen molar-refractivity contribution in [3.63, 3.8) is 0 Å². The van der Waals surface area contributed by atoms with Crippen LogP contribution in [0.4, 0.5) is 0 Å². The molecular weight excluding hydrogens is 252 g/mol. The maximum absolute atomic E-state index is 8.89. The maximum atomic E-state index is 8.89. The smallest absolute Gasteiger partial charge is 0.0949 e. The first-order chi connectivity index (χ1) is 8.44. The Morgan fingerprint density at radius 3 is 2.00 bits per heavy atom. The molecule has 3 nitrogen and oxygen atoms in total. The Hall–Kier alpha value is -0.120. The highest BCUT2D eigenvalue weighted by Gasteiger charge is 2.38. The minimum absolute atomic E-state index is 0. The molecule has 0 aromatic carbocycles. The first-order valence-electron chi connectivity index (χ1n) is 7.35. The van der Waals surface area contributed by atoms with Crippen molar-refractivity contribution in [2.75, 3.05) is 6.61 Å². The summed E-state index contributed by atoms with van der Waals surface area (Å²) < 4.78 is 0. The van der Waals surface area contributed by atoms with Crippen LogP contribution in [-0.2, 0) is 4.89 Å². The van der Waals surface area contributed by atoms with Gasteiger partial charge < -0.3 is 5.11 Å². The van der Waals surface area contributed by atoms with E-state index in [0.717, 1.165) is 18.3 Å². The van der Waals surface area contributed by atoms with Gasteiger partial charge in [0.1, 0.15) is 0 Å². The minimum Gasteiger partial charge on any atom is -0.396 e. The van der Waals surface area contributed by atoms with Gasteiger partial charge in [-0.2, -0.15) is 0 Å². The van der Waals surface area contributed by atoms with Crippen molar-refractivity contribution < 1.29 is 15.3 Å². The molecule has 2 bridgehead atoms. The molecule has 0 radical (unpaired) electrons. The molecule has 0 amide bonds. The van der Waals surface area contributed by atoms with Crippen LogP contribution in [-0.4, -0.2) is 23.1 Å². The van der Waals surface area contributed by atoms with E-state index in [1.807, 2.05) is 6.92 Å². The average Bonchev–Trinajstić information content (AvgIpc) is 3.00. The second kappa shape index (κ2) is 9.75. The van der Waals surface area contributed by atoms with Crippen molar-refractivity contribution in [2.24, 2.45) is 23.2 Å². The van der Waals surface area contributed by atoms with Crippen LogP contribution >= 0.6 is 0 Å². The van der Waals surface area contributed by atoms with Gasteiger partial charge in [-0.3, -0.25) is 5.26 Å². The van der Waals surface area contributed by atoms with Crippen molar-refractivity contribution in [1.29, 1.82) is 0 Å². The molecule has 124 valence electrons. The van der Waals surface area contributed by atoms with E-state index in [9.17, 15) is 0 Å². The molecule has 0 saturated heterocycles. The summed E-state index contributed by atoms with van der Waals surface area (Å²) in [5.41, 5.74) is 0.0781. The third-order valence-corrected chi connectivity index (χ3v) is 5.29. The van der Waals surface area contributed by atoms with Gasteiger partial charge >= 0.3 is 0 Å². The summed E-state index contributed by atoms with van der Waals surface area (Å²) >= 11 is 0. The van der Waals surface area contributed by atoms with Gasteiger partial charge in [-0.25, -0.2) is 4.89 Å². The van der Waals surface area contributed by atoms with Gasteiger partial charge in [0.15, 0.2) is 0 Å². The van der Waals surface area contributed by atoms with E-state index in [0.29, 0.717) is 12.5 Å². The Morgan fingerprint density at radius 1 is 1.20 bits per heavy atom. The zero-order chi connectivity index (χ0) is 13.8. The zero-order valence-corrected chi connectivity index (χ0v) is 12.4. The Balaban J connectivity index is 0. The fourth-order valence-corrected chi connectivity index (χ4v) is 3.03. The van der Waals surface area contributed by atoms with Gasteiger partial charge in [0, 0.05) is 6.61 Å². The van der Waals surface area contributed by atoms with Crippen molar-refractivity contribution in [3.8, 4) is 0 Å². The second-order valence-electron chi connectivity index (χ2n) is 6.71. The fraction of sp³-hybridized carbons (Fsp3) is 1.00. The zero-order valence-electron chi connectivity index (χ0n) is 12.4. The monoisotopic (exact) mass is 290 g/mol. The highest BCUT2D eigenvalue weighted by molar-refractivity contribution is 4.89. The van der Waals surface area contributed by atoms with E-state index < -0.39 is 0 Å². The molecule has 4 unspecified atom stereocenters. The Labute approximate surface area is 126 Å². The Bertz CT molecular complexity index is 238. The summed E-state index contributed by atoms with van der Waals surface area (Å²) in [4.78, 5) is 4.21. The van der Waals surface area contributed by atoms with Crippen LogP contribution in [0.1, 0.15) is 74.7 Å². The van der Waals surface area contributed by atoms with E-state index >= 15 is 0 Å². The fourth-order valence-electron chi connectivity index (χ4n) is 3.03. The van der Waals surface area contributed by atoms with Crippen LogP contribution in [0.2, 0.25) is 0 Å². The van der Waals surface area contributed by atoms with E-state index in [-0.39, 0.29) is 26.4 Å². The van der Waals surface area contributed by atoms with E-state index in [4.69, 9.17) is 10.4 Å². The lowest BCUT2D eigenvalue weighted by molar-refractivity contribution is -0.296. The summed E-state index contributed by atoms with van der Waals surface area (Å²) in [6.07, 6.45) is 6.51. The first kappa shape index (κ1) is 22.2. The van der Waals surface area contributed by atoms with Crippen LogP contribution < -0.4 is 0 Å². The summed E-state index contributed by atoms with van der Waals surface area (Å²) in [5, 5.41) is 17.2. The third kappa shape index (κ3) is 5.71. The molecule has 2 rings (SSSR count). The van der Waals surface area contributed by atoms with Gasteiger partial charge in [-0.15, -0.1) is 0 Å². The van der Waals surface area contributed by atoms with Gasteiger partial charge in [0.05, 0.1) is 6.10 Å². The molecule has 0 aliphatic heterocycles. The number of rotatable bonds is 4. The van der Waals surface area contributed by atoms with E-state index in [1.54, 1.807) is 0 Å². The summed E-state index contributed by atoms with van der Waals surface area (Å²) in [6.45, 7) is 8.52. The Morgan fingerprint density at radius 2 is 1.80 bits per heavy atom. The van der Waals surface area contributed by atoms with Gasteiger partial charge in [0.2, 0.25) is 0 Å². The van der Waals surface area contributed by atoms with E-state index in [1.165, 1.54) is 25.7 Å². The van der Waals surface area contributed by atoms with Crippen LogP contribution in [0.15, 0.2) is 0 Å². The SMILES string of the molecule is C.C.CCC(C)(C)C(C)OO.OCC1CC2CCC1C2. The molecule has 2 aliphatic carbocycles. The molecular formula is C17H38O3. The molecule has 2 saturated carbocycles. The normalized spacial score (nSPS) is 28.8. The Kier molecular flexibility index (Phi) is 10.8. The van der Waals surface area contributed by atoms with Crippen LogP contribution in [0.5, 0.6) is 0 Å². The molecule has 2 N–H and O–H groups in total. The molecule has 0 aromatic rings. The number of hydrogen-bond donors (Lipinski definition) is 2. The van der Waals surface area contributed by atoms with Crippen molar-refractivity contribution in [3.05, 3.63) is 0 Å². The van der Waals surface area contributed by atoms with Crippen LogP contribution in [0.3, 0.4) is 0 Å². The van der Waals surface area contributed by atoms with Gasteiger partial charge in [-0.05, 0) is 55.8 Å². The second-order valence-corrected chi connectivity index (χ2v) is 6.71. The highest BCUT2D eigenvalue weighted by atomic mass is 17.1. The van der Waals surface area contributed by atoms with E-state index in [2.05, 4.69) is 25.7 Å². The maximum Gasteiger partial charge on any atom is 0.0949 e. The average molecular weight is 290 g/mol. The van der Waals surface area contributed by atoms with Crippen molar-refractivity contribution >= 4 is 0 Å². The lowest BCUT2D eigenvalue weighted by atomic mass is 9.85. The summed E-state index contributed by atoms with van der Waals surface area (Å²) in [5.74, 6) is 2.58. The van der Waals surface area contributed by atoms with Gasteiger partial charge in [0.25, 0.3) is 0 Å². The summed E-state index contributed by atoms with van der Waals surface area (Å²) in [7, 11) is 0. The van der Waals surface area contributed by atoms with Crippen molar-refractivity contribution in [1.82, 2.24) is 0 Å².